The predicted octanol–water partition coefficient (Wildman–Crippen LogP) is 2.67. The van der Waals surface area contributed by atoms with E-state index in [0.717, 1.165) is 0 Å². The Balaban J connectivity index is 2.03. The molecule has 1 amide bonds. The average molecular weight is 372 g/mol. The number of benzene rings is 2. The van der Waals surface area contributed by atoms with Crippen molar-refractivity contribution in [1.29, 1.82) is 0 Å². The van der Waals surface area contributed by atoms with Crippen LogP contribution in [-0.4, -0.2) is 42.8 Å². The normalized spacial score (nSPS) is 11.4. The van der Waals surface area contributed by atoms with Crippen molar-refractivity contribution in [3.63, 3.8) is 0 Å². The number of anilines is 2. The molecule has 7 heteroatoms. The van der Waals surface area contributed by atoms with Gasteiger partial charge in [0.2, 0.25) is 0 Å². The van der Waals surface area contributed by atoms with Gasteiger partial charge in [0.1, 0.15) is 5.75 Å². The Kier molecular flexibility index (Phi) is 7.63. The molecule has 0 aromatic heterocycles. The van der Waals surface area contributed by atoms with Crippen molar-refractivity contribution >= 4 is 23.3 Å². The maximum Gasteiger partial charge on any atom is 0.341 e. The summed E-state index contributed by atoms with van der Waals surface area (Å²) in [4.78, 5) is 24.8. The van der Waals surface area contributed by atoms with Crippen LogP contribution in [0, 0.1) is 0 Å². The number of carbonyl (C=O) groups is 2. The summed E-state index contributed by atoms with van der Waals surface area (Å²) in [6.07, 6.45) is -1.00. The number of aliphatic hydroxyl groups excluding tert-OH is 1. The molecule has 1 atom stereocenters. The van der Waals surface area contributed by atoms with Crippen LogP contribution in [0.4, 0.5) is 11.4 Å². The van der Waals surface area contributed by atoms with Gasteiger partial charge in [0, 0.05) is 12.2 Å². The van der Waals surface area contributed by atoms with Crippen LogP contribution < -0.4 is 15.4 Å². The van der Waals surface area contributed by atoms with Crippen molar-refractivity contribution in [1.82, 2.24) is 0 Å². The van der Waals surface area contributed by atoms with Gasteiger partial charge in [-0.1, -0.05) is 24.3 Å². The molecule has 144 valence electrons. The summed E-state index contributed by atoms with van der Waals surface area (Å²) in [6, 6.07) is 13.8. The Labute approximate surface area is 158 Å². The molecule has 7 nitrogen and oxygen atoms in total. The lowest BCUT2D eigenvalue weighted by Crippen LogP contribution is -2.30. The van der Waals surface area contributed by atoms with Gasteiger partial charge in [-0.25, -0.2) is 4.79 Å². The lowest BCUT2D eigenvalue weighted by Gasteiger charge is -2.17. The second-order valence-corrected chi connectivity index (χ2v) is 5.66. The van der Waals surface area contributed by atoms with Gasteiger partial charge in [-0.2, -0.15) is 0 Å². The minimum absolute atomic E-state index is 0.0680. The fourth-order valence-electron chi connectivity index (χ4n) is 2.37. The highest BCUT2D eigenvalue weighted by Crippen LogP contribution is 2.24. The molecule has 0 bridgehead atoms. The fraction of sp³-hybridized carbons (Fsp3) is 0.300. The van der Waals surface area contributed by atoms with Gasteiger partial charge in [0.25, 0.3) is 5.91 Å². The molecule has 0 heterocycles. The van der Waals surface area contributed by atoms with Crippen LogP contribution in [-0.2, 0) is 9.53 Å². The van der Waals surface area contributed by atoms with Gasteiger partial charge in [0.05, 0.1) is 24.5 Å². The molecule has 0 aliphatic heterocycles. The quantitative estimate of drug-likeness (QED) is 0.586. The van der Waals surface area contributed by atoms with Gasteiger partial charge >= 0.3 is 5.97 Å². The molecule has 0 spiro atoms. The van der Waals surface area contributed by atoms with E-state index in [1.54, 1.807) is 48.5 Å². The third kappa shape index (κ3) is 5.72. The summed E-state index contributed by atoms with van der Waals surface area (Å²) in [5.41, 5.74) is 1.34. The number of rotatable bonds is 9. The molecule has 2 rings (SSSR count). The number of amides is 1. The minimum atomic E-state index is -1.00. The van der Waals surface area contributed by atoms with E-state index >= 15 is 0 Å². The van der Waals surface area contributed by atoms with E-state index in [9.17, 15) is 9.59 Å². The monoisotopic (exact) mass is 372 g/mol. The average Bonchev–Trinajstić information content (AvgIpc) is 2.68. The molecular formula is C20H24N2O5. The van der Waals surface area contributed by atoms with Crippen LogP contribution in [0.2, 0.25) is 0 Å². The maximum absolute atomic E-state index is 12.4. The largest absolute Gasteiger partial charge is 0.492 e. The SMILES string of the molecule is CCOc1ccccc1NC(=O)[C@H](C)OC(=O)c1ccccc1NCCO. The molecule has 2 aromatic rings. The number of hydrogen-bond acceptors (Lipinski definition) is 6. The van der Waals surface area contributed by atoms with E-state index in [2.05, 4.69) is 10.6 Å². The number of esters is 1. The highest BCUT2D eigenvalue weighted by Gasteiger charge is 2.21. The zero-order valence-corrected chi connectivity index (χ0v) is 15.4. The van der Waals surface area contributed by atoms with E-state index in [-0.39, 0.29) is 6.61 Å². The number of aliphatic hydroxyl groups is 1. The van der Waals surface area contributed by atoms with E-state index in [1.807, 2.05) is 6.92 Å². The predicted molar refractivity (Wildman–Crippen MR) is 103 cm³/mol. The minimum Gasteiger partial charge on any atom is -0.492 e. The van der Waals surface area contributed by atoms with E-state index in [4.69, 9.17) is 14.6 Å². The summed E-state index contributed by atoms with van der Waals surface area (Å²) >= 11 is 0. The standard InChI is InChI=1S/C20H24N2O5/c1-3-26-18-11-7-6-10-17(18)22-19(24)14(2)27-20(25)15-8-4-5-9-16(15)21-12-13-23/h4-11,14,21,23H,3,12-13H2,1-2H3,(H,22,24)/t14-/m0/s1. The molecule has 0 saturated carbocycles. The van der Waals surface area contributed by atoms with Crippen molar-refractivity contribution in [3.8, 4) is 5.75 Å². The summed E-state index contributed by atoms with van der Waals surface area (Å²) in [5.74, 6) is -0.543. The first-order valence-corrected chi connectivity index (χ1v) is 8.74. The van der Waals surface area contributed by atoms with Crippen molar-refractivity contribution < 1.29 is 24.2 Å². The summed E-state index contributed by atoms with van der Waals surface area (Å²) < 4.78 is 10.8. The third-order valence-corrected chi connectivity index (χ3v) is 3.67. The van der Waals surface area contributed by atoms with Crippen LogP contribution in [0.15, 0.2) is 48.5 Å². The van der Waals surface area contributed by atoms with Crippen molar-refractivity contribution in [3.05, 3.63) is 54.1 Å². The number of ether oxygens (including phenoxy) is 2. The summed E-state index contributed by atoms with van der Waals surface area (Å²) in [5, 5.41) is 14.6. The first-order valence-electron chi connectivity index (χ1n) is 8.74. The van der Waals surface area contributed by atoms with Crippen LogP contribution >= 0.6 is 0 Å². The topological polar surface area (TPSA) is 96.9 Å². The number of hydrogen-bond donors (Lipinski definition) is 3. The van der Waals surface area contributed by atoms with Gasteiger partial charge in [-0.15, -0.1) is 0 Å². The molecule has 0 aliphatic rings. The van der Waals surface area contributed by atoms with Crippen LogP contribution in [0.5, 0.6) is 5.75 Å². The lowest BCUT2D eigenvalue weighted by atomic mass is 10.1. The zero-order chi connectivity index (χ0) is 19.6. The van der Waals surface area contributed by atoms with Gasteiger partial charge in [-0.05, 0) is 38.1 Å². The van der Waals surface area contributed by atoms with Crippen molar-refractivity contribution in [2.75, 3.05) is 30.4 Å². The Morgan fingerprint density at radius 1 is 1.07 bits per heavy atom. The second kappa shape index (κ2) is 10.2. The maximum atomic E-state index is 12.4. The molecule has 0 aliphatic carbocycles. The Bertz CT molecular complexity index is 778. The number of nitrogens with one attached hydrogen (secondary N) is 2. The van der Waals surface area contributed by atoms with Crippen LogP contribution in [0.3, 0.4) is 0 Å². The zero-order valence-electron chi connectivity index (χ0n) is 15.4. The van der Waals surface area contributed by atoms with Crippen molar-refractivity contribution in [2.45, 2.75) is 20.0 Å². The molecule has 0 unspecified atom stereocenters. The Hall–Kier alpha value is -3.06. The van der Waals surface area contributed by atoms with Crippen LogP contribution in [0.25, 0.3) is 0 Å². The van der Waals surface area contributed by atoms with E-state index < -0.39 is 18.0 Å². The number of carbonyl (C=O) groups excluding carboxylic acids is 2. The Morgan fingerprint density at radius 2 is 1.74 bits per heavy atom. The van der Waals surface area contributed by atoms with Gasteiger partial charge < -0.3 is 25.2 Å². The summed E-state index contributed by atoms with van der Waals surface area (Å²) in [6.45, 7) is 4.05. The van der Waals surface area contributed by atoms with Gasteiger partial charge in [0.15, 0.2) is 6.10 Å². The van der Waals surface area contributed by atoms with Crippen molar-refractivity contribution in [2.24, 2.45) is 0 Å². The highest BCUT2D eigenvalue weighted by molar-refractivity contribution is 6.00. The number of para-hydroxylation sites is 3. The first kappa shape index (κ1) is 20.3. The fourth-order valence-corrected chi connectivity index (χ4v) is 2.37. The third-order valence-electron chi connectivity index (χ3n) is 3.67. The molecule has 2 aromatic carbocycles. The van der Waals surface area contributed by atoms with E-state index in [0.29, 0.717) is 35.8 Å². The first-order chi connectivity index (χ1) is 13.1. The molecule has 0 saturated heterocycles. The van der Waals surface area contributed by atoms with Crippen LogP contribution in [0.1, 0.15) is 24.2 Å². The smallest absolute Gasteiger partial charge is 0.341 e. The molecule has 27 heavy (non-hydrogen) atoms. The molecule has 3 N–H and O–H groups in total. The molecule has 0 fully saturated rings. The lowest BCUT2D eigenvalue weighted by molar-refractivity contribution is -0.123. The molecule has 0 radical (unpaired) electrons. The Morgan fingerprint density at radius 3 is 2.44 bits per heavy atom. The van der Waals surface area contributed by atoms with Gasteiger partial charge in [-0.3, -0.25) is 4.79 Å². The molecular weight excluding hydrogens is 348 g/mol. The second-order valence-electron chi connectivity index (χ2n) is 5.66. The summed E-state index contributed by atoms with van der Waals surface area (Å²) in [7, 11) is 0. The highest BCUT2D eigenvalue weighted by atomic mass is 16.5. The van der Waals surface area contributed by atoms with E-state index in [1.165, 1.54) is 6.92 Å².